The summed E-state index contributed by atoms with van der Waals surface area (Å²) in [6.07, 6.45) is 0.862. The zero-order chi connectivity index (χ0) is 15.4. The molecule has 5 heteroatoms. The molecule has 0 aromatic heterocycles. The van der Waals surface area contributed by atoms with Gasteiger partial charge in [-0.1, -0.05) is 12.1 Å². The number of hydrogen-bond acceptors (Lipinski definition) is 3. The standard InChI is InChI=1S/C16H24FN3O/c1-12(18-3)14-6-4-7-15(17)16(14)20-9-5-8-19(10-11-20)13(2)21/h4,6-7,12,18H,5,8-11H2,1-3H3. The van der Waals surface area contributed by atoms with Crippen molar-refractivity contribution < 1.29 is 9.18 Å². The molecule has 0 aliphatic carbocycles. The summed E-state index contributed by atoms with van der Waals surface area (Å²) in [6.45, 7) is 6.46. The Labute approximate surface area is 125 Å². The van der Waals surface area contributed by atoms with Crippen LogP contribution in [0.4, 0.5) is 10.1 Å². The molecule has 4 nitrogen and oxygen atoms in total. The van der Waals surface area contributed by atoms with Crippen LogP contribution < -0.4 is 10.2 Å². The Morgan fingerprint density at radius 1 is 1.29 bits per heavy atom. The molecule has 1 atom stereocenters. The van der Waals surface area contributed by atoms with Crippen LogP contribution in [0.1, 0.15) is 31.9 Å². The van der Waals surface area contributed by atoms with Crippen LogP contribution >= 0.6 is 0 Å². The second kappa shape index (κ2) is 6.89. The quantitative estimate of drug-likeness (QED) is 0.927. The van der Waals surface area contributed by atoms with Crippen molar-refractivity contribution in [1.29, 1.82) is 0 Å². The molecule has 1 aromatic rings. The van der Waals surface area contributed by atoms with Gasteiger partial charge in [0.2, 0.25) is 5.91 Å². The highest BCUT2D eigenvalue weighted by Gasteiger charge is 2.22. The van der Waals surface area contributed by atoms with Crippen LogP contribution in [0, 0.1) is 5.82 Å². The van der Waals surface area contributed by atoms with Gasteiger partial charge in [0.25, 0.3) is 0 Å². The van der Waals surface area contributed by atoms with E-state index in [-0.39, 0.29) is 17.8 Å². The third kappa shape index (κ3) is 3.53. The van der Waals surface area contributed by atoms with Crippen LogP contribution in [0.3, 0.4) is 0 Å². The van der Waals surface area contributed by atoms with Crippen LogP contribution in [-0.4, -0.2) is 44.0 Å². The fraction of sp³-hybridized carbons (Fsp3) is 0.562. The van der Waals surface area contributed by atoms with Crippen molar-refractivity contribution >= 4 is 11.6 Å². The van der Waals surface area contributed by atoms with E-state index in [1.807, 2.05) is 24.9 Å². The van der Waals surface area contributed by atoms with Gasteiger partial charge in [0, 0.05) is 39.1 Å². The van der Waals surface area contributed by atoms with Gasteiger partial charge < -0.3 is 15.1 Å². The molecular weight excluding hydrogens is 269 g/mol. The lowest BCUT2D eigenvalue weighted by Gasteiger charge is -2.28. The molecule has 0 radical (unpaired) electrons. The highest BCUT2D eigenvalue weighted by molar-refractivity contribution is 5.73. The van der Waals surface area contributed by atoms with E-state index in [0.29, 0.717) is 18.8 Å². The molecular formula is C16H24FN3O. The molecule has 0 saturated carbocycles. The van der Waals surface area contributed by atoms with Gasteiger partial charge in [-0.05, 0) is 32.0 Å². The van der Waals surface area contributed by atoms with Crippen LogP contribution in [0.2, 0.25) is 0 Å². The molecule has 1 aromatic carbocycles. The fourth-order valence-electron chi connectivity index (χ4n) is 2.83. The van der Waals surface area contributed by atoms with Crippen LogP contribution in [-0.2, 0) is 4.79 Å². The highest BCUT2D eigenvalue weighted by atomic mass is 19.1. The third-order valence-corrected chi connectivity index (χ3v) is 4.17. The summed E-state index contributed by atoms with van der Waals surface area (Å²) >= 11 is 0. The molecule has 1 saturated heterocycles. The second-order valence-electron chi connectivity index (χ2n) is 5.53. The molecule has 116 valence electrons. The summed E-state index contributed by atoms with van der Waals surface area (Å²) in [5.41, 5.74) is 1.64. The lowest BCUT2D eigenvalue weighted by Crippen LogP contribution is -2.34. The minimum absolute atomic E-state index is 0.0860. The maximum Gasteiger partial charge on any atom is 0.219 e. The molecule has 1 unspecified atom stereocenters. The Morgan fingerprint density at radius 2 is 2.05 bits per heavy atom. The summed E-state index contributed by atoms with van der Waals surface area (Å²) in [5, 5.41) is 3.17. The van der Waals surface area contributed by atoms with E-state index in [2.05, 4.69) is 10.2 Å². The van der Waals surface area contributed by atoms with E-state index >= 15 is 0 Å². The van der Waals surface area contributed by atoms with E-state index in [0.717, 1.165) is 25.1 Å². The topological polar surface area (TPSA) is 35.6 Å². The number of benzene rings is 1. The minimum atomic E-state index is -0.189. The molecule has 2 rings (SSSR count). The number of carbonyl (C=O) groups excluding carboxylic acids is 1. The van der Waals surface area contributed by atoms with Crippen LogP contribution in [0.5, 0.6) is 0 Å². The normalized spacial score (nSPS) is 17.5. The van der Waals surface area contributed by atoms with Crippen LogP contribution in [0.25, 0.3) is 0 Å². The number of carbonyl (C=O) groups is 1. The maximum atomic E-state index is 14.4. The van der Waals surface area contributed by atoms with Crippen molar-refractivity contribution in [1.82, 2.24) is 10.2 Å². The molecule has 0 bridgehead atoms. The average molecular weight is 293 g/mol. The number of amides is 1. The number of halogens is 1. The van der Waals surface area contributed by atoms with Gasteiger partial charge in [-0.15, -0.1) is 0 Å². The number of rotatable bonds is 3. The third-order valence-electron chi connectivity index (χ3n) is 4.17. The SMILES string of the molecule is CNC(C)c1cccc(F)c1N1CCCN(C(C)=O)CC1. The second-order valence-corrected chi connectivity index (χ2v) is 5.53. The van der Waals surface area contributed by atoms with Crippen molar-refractivity contribution in [3.05, 3.63) is 29.6 Å². The molecule has 1 fully saturated rings. The average Bonchev–Trinajstić information content (AvgIpc) is 2.72. The van der Waals surface area contributed by atoms with E-state index in [9.17, 15) is 9.18 Å². The van der Waals surface area contributed by atoms with Gasteiger partial charge in [-0.3, -0.25) is 4.79 Å². The Balaban J connectivity index is 2.27. The predicted molar refractivity (Wildman–Crippen MR) is 83.0 cm³/mol. The minimum Gasteiger partial charge on any atom is -0.367 e. The Morgan fingerprint density at radius 3 is 2.71 bits per heavy atom. The molecule has 21 heavy (non-hydrogen) atoms. The van der Waals surface area contributed by atoms with Gasteiger partial charge >= 0.3 is 0 Å². The number of anilines is 1. The lowest BCUT2D eigenvalue weighted by atomic mass is 10.0. The van der Waals surface area contributed by atoms with Crippen molar-refractivity contribution in [3.8, 4) is 0 Å². The van der Waals surface area contributed by atoms with Crippen molar-refractivity contribution in [2.24, 2.45) is 0 Å². The first kappa shape index (κ1) is 15.8. The van der Waals surface area contributed by atoms with E-state index in [4.69, 9.17) is 0 Å². The van der Waals surface area contributed by atoms with E-state index < -0.39 is 0 Å². The first-order chi connectivity index (χ1) is 10.0. The monoisotopic (exact) mass is 293 g/mol. The summed E-state index contributed by atoms with van der Waals surface area (Å²) < 4.78 is 14.4. The van der Waals surface area contributed by atoms with E-state index in [1.165, 1.54) is 6.07 Å². The summed E-state index contributed by atoms with van der Waals surface area (Å²) in [7, 11) is 1.87. The van der Waals surface area contributed by atoms with Crippen molar-refractivity contribution in [2.45, 2.75) is 26.3 Å². The maximum absolute atomic E-state index is 14.4. The number of nitrogens with zero attached hydrogens (tertiary/aromatic N) is 2. The number of hydrogen-bond donors (Lipinski definition) is 1. The molecule has 0 spiro atoms. The molecule has 1 amide bonds. The number of para-hydroxylation sites is 1. The molecule has 1 aliphatic heterocycles. The predicted octanol–water partition coefficient (Wildman–Crippen LogP) is 2.16. The first-order valence-corrected chi connectivity index (χ1v) is 7.50. The summed E-state index contributed by atoms with van der Waals surface area (Å²) in [4.78, 5) is 15.4. The lowest BCUT2D eigenvalue weighted by molar-refractivity contribution is -0.128. The molecule has 1 aliphatic rings. The number of nitrogens with one attached hydrogen (secondary N) is 1. The smallest absolute Gasteiger partial charge is 0.219 e. The Kier molecular flexibility index (Phi) is 5.17. The zero-order valence-corrected chi connectivity index (χ0v) is 13.0. The molecule has 1 heterocycles. The highest BCUT2D eigenvalue weighted by Crippen LogP contribution is 2.30. The van der Waals surface area contributed by atoms with Gasteiger partial charge in [-0.25, -0.2) is 4.39 Å². The Hall–Kier alpha value is -1.62. The summed E-state index contributed by atoms with van der Waals surface area (Å²) in [5.74, 6) is -0.0972. The van der Waals surface area contributed by atoms with Crippen molar-refractivity contribution in [3.63, 3.8) is 0 Å². The molecule has 1 N–H and O–H groups in total. The van der Waals surface area contributed by atoms with Gasteiger partial charge in [0.05, 0.1) is 5.69 Å². The largest absolute Gasteiger partial charge is 0.367 e. The Bertz CT molecular complexity index is 506. The van der Waals surface area contributed by atoms with E-state index in [1.54, 1.807) is 13.0 Å². The first-order valence-electron chi connectivity index (χ1n) is 7.50. The van der Waals surface area contributed by atoms with Gasteiger partial charge in [0.15, 0.2) is 0 Å². The fourth-order valence-corrected chi connectivity index (χ4v) is 2.83. The van der Waals surface area contributed by atoms with Crippen LogP contribution in [0.15, 0.2) is 18.2 Å². The zero-order valence-electron chi connectivity index (χ0n) is 13.0. The summed E-state index contributed by atoms with van der Waals surface area (Å²) in [6, 6.07) is 5.31. The van der Waals surface area contributed by atoms with Gasteiger partial charge in [-0.2, -0.15) is 0 Å². The van der Waals surface area contributed by atoms with Crippen molar-refractivity contribution in [2.75, 3.05) is 38.1 Å². The van der Waals surface area contributed by atoms with Gasteiger partial charge in [0.1, 0.15) is 5.82 Å².